The van der Waals surface area contributed by atoms with Gasteiger partial charge < -0.3 is 14.7 Å². The number of likely N-dealkylation sites (N-methyl/N-ethyl adjacent to an activating group) is 1. The van der Waals surface area contributed by atoms with Gasteiger partial charge in [0, 0.05) is 13.6 Å². The second-order valence-corrected chi connectivity index (χ2v) is 4.63. The van der Waals surface area contributed by atoms with Crippen LogP contribution in [0, 0.1) is 13.8 Å². The molecule has 1 aromatic carbocycles. The van der Waals surface area contributed by atoms with Gasteiger partial charge in [-0.15, -0.1) is 0 Å². The van der Waals surface area contributed by atoms with Gasteiger partial charge in [-0.2, -0.15) is 0 Å². The first-order chi connectivity index (χ1) is 8.41. The average molecular weight is 251 g/mol. The molecule has 18 heavy (non-hydrogen) atoms. The first-order valence-corrected chi connectivity index (χ1v) is 6.03. The molecule has 1 aromatic rings. The standard InChI is InChI=1S/C14H21NO3/c1-10-6-5-7-11(2)14(10)18-9-13(17)15(4)8-12(3)16/h5-7,12,16H,8-9H2,1-4H3. The van der Waals surface area contributed by atoms with Crippen molar-refractivity contribution >= 4 is 5.91 Å². The van der Waals surface area contributed by atoms with Gasteiger partial charge >= 0.3 is 0 Å². The largest absolute Gasteiger partial charge is 0.483 e. The van der Waals surface area contributed by atoms with Crippen molar-refractivity contribution in [1.82, 2.24) is 4.90 Å². The number of hydrogen-bond acceptors (Lipinski definition) is 3. The molecule has 0 saturated heterocycles. The highest BCUT2D eigenvalue weighted by Gasteiger charge is 2.12. The lowest BCUT2D eigenvalue weighted by Gasteiger charge is -2.19. The van der Waals surface area contributed by atoms with Crippen molar-refractivity contribution in [3.8, 4) is 5.75 Å². The number of hydrogen-bond donors (Lipinski definition) is 1. The summed E-state index contributed by atoms with van der Waals surface area (Å²) in [6.45, 7) is 5.86. The maximum atomic E-state index is 11.8. The molecule has 0 heterocycles. The van der Waals surface area contributed by atoms with Gasteiger partial charge in [-0.05, 0) is 31.9 Å². The van der Waals surface area contributed by atoms with Crippen molar-refractivity contribution in [3.05, 3.63) is 29.3 Å². The lowest BCUT2D eigenvalue weighted by Crippen LogP contribution is -2.36. The maximum Gasteiger partial charge on any atom is 0.260 e. The molecule has 1 unspecified atom stereocenters. The number of para-hydroxylation sites is 1. The molecular formula is C14H21NO3. The molecular weight excluding hydrogens is 230 g/mol. The zero-order valence-electron chi connectivity index (χ0n) is 11.4. The van der Waals surface area contributed by atoms with E-state index in [0.717, 1.165) is 16.9 Å². The lowest BCUT2D eigenvalue weighted by molar-refractivity contribution is -0.133. The summed E-state index contributed by atoms with van der Waals surface area (Å²) in [5, 5.41) is 9.21. The minimum atomic E-state index is -0.529. The van der Waals surface area contributed by atoms with E-state index in [1.54, 1.807) is 14.0 Å². The highest BCUT2D eigenvalue weighted by atomic mass is 16.5. The fourth-order valence-electron chi connectivity index (χ4n) is 1.77. The van der Waals surface area contributed by atoms with Gasteiger partial charge in [0.2, 0.25) is 0 Å². The third-order valence-corrected chi connectivity index (χ3v) is 2.71. The molecule has 0 aliphatic rings. The van der Waals surface area contributed by atoms with Crippen LogP contribution in [0.5, 0.6) is 5.75 Å². The zero-order valence-corrected chi connectivity index (χ0v) is 11.4. The summed E-state index contributed by atoms with van der Waals surface area (Å²) in [5.74, 6) is 0.620. The van der Waals surface area contributed by atoms with Crippen molar-refractivity contribution in [2.24, 2.45) is 0 Å². The number of benzene rings is 1. The van der Waals surface area contributed by atoms with Gasteiger partial charge in [0.1, 0.15) is 5.75 Å². The van der Waals surface area contributed by atoms with Gasteiger partial charge in [0.05, 0.1) is 6.10 Å². The van der Waals surface area contributed by atoms with Crippen molar-refractivity contribution < 1.29 is 14.6 Å². The lowest BCUT2D eigenvalue weighted by atomic mass is 10.1. The van der Waals surface area contributed by atoms with E-state index in [0.29, 0.717) is 6.54 Å². The highest BCUT2D eigenvalue weighted by molar-refractivity contribution is 5.77. The Morgan fingerprint density at radius 3 is 2.44 bits per heavy atom. The fraction of sp³-hybridized carbons (Fsp3) is 0.500. The molecule has 100 valence electrons. The van der Waals surface area contributed by atoms with E-state index >= 15 is 0 Å². The number of aliphatic hydroxyl groups is 1. The third kappa shape index (κ3) is 4.04. The van der Waals surface area contributed by atoms with E-state index < -0.39 is 6.10 Å². The summed E-state index contributed by atoms with van der Waals surface area (Å²) < 4.78 is 5.56. The van der Waals surface area contributed by atoms with Crippen molar-refractivity contribution in [2.75, 3.05) is 20.2 Å². The number of amides is 1. The number of nitrogens with zero attached hydrogens (tertiary/aromatic N) is 1. The smallest absolute Gasteiger partial charge is 0.260 e. The second-order valence-electron chi connectivity index (χ2n) is 4.63. The van der Waals surface area contributed by atoms with Crippen LogP contribution in [0.2, 0.25) is 0 Å². The Kier molecular flexibility index (Phi) is 5.16. The summed E-state index contributed by atoms with van der Waals surface area (Å²) >= 11 is 0. The first-order valence-electron chi connectivity index (χ1n) is 6.03. The number of aryl methyl sites for hydroxylation is 2. The van der Waals surface area contributed by atoms with Crippen molar-refractivity contribution in [1.29, 1.82) is 0 Å². The van der Waals surface area contributed by atoms with Gasteiger partial charge in [0.25, 0.3) is 5.91 Å². The van der Waals surface area contributed by atoms with Crippen LogP contribution in [0.25, 0.3) is 0 Å². The summed E-state index contributed by atoms with van der Waals surface area (Å²) in [4.78, 5) is 13.2. The van der Waals surface area contributed by atoms with E-state index in [1.165, 1.54) is 4.90 Å². The van der Waals surface area contributed by atoms with Gasteiger partial charge in [-0.3, -0.25) is 4.79 Å². The Hall–Kier alpha value is -1.55. The zero-order chi connectivity index (χ0) is 13.7. The fourth-order valence-corrected chi connectivity index (χ4v) is 1.77. The van der Waals surface area contributed by atoms with E-state index in [9.17, 15) is 9.90 Å². The van der Waals surface area contributed by atoms with Crippen LogP contribution in [0.3, 0.4) is 0 Å². The van der Waals surface area contributed by atoms with Crippen LogP contribution in [0.1, 0.15) is 18.1 Å². The van der Waals surface area contributed by atoms with Crippen molar-refractivity contribution in [2.45, 2.75) is 26.9 Å². The molecule has 1 rings (SSSR count). The highest BCUT2D eigenvalue weighted by Crippen LogP contribution is 2.22. The second kappa shape index (κ2) is 6.40. The molecule has 0 radical (unpaired) electrons. The summed E-state index contributed by atoms with van der Waals surface area (Å²) in [7, 11) is 1.66. The van der Waals surface area contributed by atoms with Gasteiger partial charge in [-0.1, -0.05) is 18.2 Å². The first kappa shape index (κ1) is 14.5. The molecule has 4 nitrogen and oxygen atoms in total. The van der Waals surface area contributed by atoms with Gasteiger partial charge in [-0.25, -0.2) is 0 Å². The number of carbonyl (C=O) groups excluding carboxylic acids is 1. The Balaban J connectivity index is 2.57. The van der Waals surface area contributed by atoms with E-state index in [2.05, 4.69) is 0 Å². The minimum absolute atomic E-state index is 0.00505. The molecule has 1 amide bonds. The number of rotatable bonds is 5. The van der Waals surface area contributed by atoms with E-state index in [4.69, 9.17) is 4.74 Å². The average Bonchev–Trinajstić information content (AvgIpc) is 2.27. The normalized spacial score (nSPS) is 12.1. The number of carbonyl (C=O) groups is 1. The van der Waals surface area contributed by atoms with Crippen LogP contribution in [0.4, 0.5) is 0 Å². The quantitative estimate of drug-likeness (QED) is 0.863. The van der Waals surface area contributed by atoms with Crippen LogP contribution < -0.4 is 4.74 Å². The third-order valence-electron chi connectivity index (χ3n) is 2.71. The molecule has 0 fully saturated rings. The summed E-state index contributed by atoms with van der Waals surface area (Å²) in [5.41, 5.74) is 2.03. The molecule has 1 atom stereocenters. The molecule has 0 saturated carbocycles. The number of aliphatic hydroxyl groups excluding tert-OH is 1. The van der Waals surface area contributed by atoms with Crippen LogP contribution in [-0.4, -0.2) is 42.2 Å². The monoisotopic (exact) mass is 251 g/mol. The summed E-state index contributed by atoms with van der Waals surface area (Å²) in [6, 6.07) is 5.86. The number of ether oxygens (including phenoxy) is 1. The van der Waals surface area contributed by atoms with Crippen LogP contribution in [-0.2, 0) is 4.79 Å². The predicted octanol–water partition coefficient (Wildman–Crippen LogP) is 1.52. The predicted molar refractivity (Wildman–Crippen MR) is 70.7 cm³/mol. The minimum Gasteiger partial charge on any atom is -0.483 e. The Morgan fingerprint density at radius 1 is 1.39 bits per heavy atom. The molecule has 0 aliphatic carbocycles. The van der Waals surface area contributed by atoms with Crippen molar-refractivity contribution in [3.63, 3.8) is 0 Å². The molecule has 4 heteroatoms. The Labute approximate surface area is 108 Å². The maximum absolute atomic E-state index is 11.8. The summed E-state index contributed by atoms with van der Waals surface area (Å²) in [6.07, 6.45) is -0.529. The van der Waals surface area contributed by atoms with Crippen LogP contribution >= 0.6 is 0 Å². The van der Waals surface area contributed by atoms with E-state index in [-0.39, 0.29) is 12.5 Å². The Morgan fingerprint density at radius 2 is 1.94 bits per heavy atom. The molecule has 0 aliphatic heterocycles. The van der Waals surface area contributed by atoms with Gasteiger partial charge in [0.15, 0.2) is 6.61 Å². The molecule has 0 aromatic heterocycles. The molecule has 0 spiro atoms. The topological polar surface area (TPSA) is 49.8 Å². The SMILES string of the molecule is Cc1cccc(C)c1OCC(=O)N(C)CC(C)O. The molecule has 1 N–H and O–H groups in total. The molecule has 0 bridgehead atoms. The Bertz CT molecular complexity index is 395. The van der Waals surface area contributed by atoms with E-state index in [1.807, 2.05) is 32.0 Å². The van der Waals surface area contributed by atoms with Crippen LogP contribution in [0.15, 0.2) is 18.2 Å².